The average Bonchev–Trinajstić information content (AvgIpc) is 3.01. The van der Waals surface area contributed by atoms with Crippen molar-refractivity contribution in [2.75, 3.05) is 6.61 Å². The van der Waals surface area contributed by atoms with Crippen LogP contribution in [-0.2, 0) is 9.53 Å². The number of fused-ring (bicyclic) bond motifs is 1. The van der Waals surface area contributed by atoms with Crippen LogP contribution in [0.4, 0.5) is 5.69 Å². The summed E-state index contributed by atoms with van der Waals surface area (Å²) in [4.78, 5) is 38.3. The van der Waals surface area contributed by atoms with Gasteiger partial charge in [0.2, 0.25) is 5.78 Å². The van der Waals surface area contributed by atoms with E-state index in [1.54, 1.807) is 13.0 Å². The number of para-hydroxylation sites is 3. The van der Waals surface area contributed by atoms with E-state index < -0.39 is 23.6 Å². The van der Waals surface area contributed by atoms with Crippen LogP contribution in [0.5, 0.6) is 5.75 Å². The van der Waals surface area contributed by atoms with Crippen molar-refractivity contribution in [1.82, 2.24) is 4.98 Å². The standard InChI is InChI=1S/C20H18N2O6/c1-12-19(14-7-3-4-8-15(14)21-12)20(24)13(2)28-18(23)11-27-17-10-6-5-9-16(17)22(25)26/h3-10,13,21H,11H2,1-2H3/t13-/m0/s1. The van der Waals surface area contributed by atoms with E-state index in [1.807, 2.05) is 24.3 Å². The lowest BCUT2D eigenvalue weighted by atomic mass is 10.0. The highest BCUT2D eigenvalue weighted by atomic mass is 16.6. The molecule has 0 saturated heterocycles. The zero-order valence-corrected chi connectivity index (χ0v) is 15.3. The maximum absolute atomic E-state index is 12.8. The molecule has 0 unspecified atom stereocenters. The van der Waals surface area contributed by atoms with Crippen LogP contribution < -0.4 is 4.74 Å². The van der Waals surface area contributed by atoms with E-state index in [0.29, 0.717) is 11.3 Å². The molecule has 0 amide bonds. The van der Waals surface area contributed by atoms with E-state index in [1.165, 1.54) is 25.1 Å². The van der Waals surface area contributed by atoms with E-state index in [4.69, 9.17) is 9.47 Å². The first-order valence-corrected chi connectivity index (χ1v) is 8.55. The third kappa shape index (κ3) is 3.85. The smallest absolute Gasteiger partial charge is 0.344 e. The molecule has 2 aromatic carbocycles. The zero-order chi connectivity index (χ0) is 20.3. The normalized spacial score (nSPS) is 11.8. The van der Waals surface area contributed by atoms with Gasteiger partial charge in [-0.1, -0.05) is 30.3 Å². The molecule has 0 fully saturated rings. The number of aryl methyl sites for hydroxylation is 1. The van der Waals surface area contributed by atoms with Gasteiger partial charge in [0.25, 0.3) is 0 Å². The highest BCUT2D eigenvalue weighted by Crippen LogP contribution is 2.26. The number of Topliss-reactive ketones (excluding diaryl/α,β-unsaturated/α-hetero) is 1. The van der Waals surface area contributed by atoms with Gasteiger partial charge < -0.3 is 14.5 Å². The molecule has 0 radical (unpaired) electrons. The molecule has 0 aliphatic heterocycles. The predicted octanol–water partition coefficient (Wildman–Crippen LogP) is 3.58. The number of nitrogens with one attached hydrogen (secondary N) is 1. The first kappa shape index (κ1) is 19.1. The van der Waals surface area contributed by atoms with Crippen molar-refractivity contribution in [3.63, 3.8) is 0 Å². The molecular formula is C20H18N2O6. The Bertz CT molecular complexity index is 1060. The molecule has 0 spiro atoms. The van der Waals surface area contributed by atoms with E-state index in [9.17, 15) is 19.7 Å². The van der Waals surface area contributed by atoms with Crippen LogP contribution in [0.15, 0.2) is 48.5 Å². The SMILES string of the molecule is Cc1[nH]c2ccccc2c1C(=O)[C@H](C)OC(=O)COc1ccccc1[N+](=O)[O-]. The lowest BCUT2D eigenvalue weighted by Crippen LogP contribution is -2.27. The Morgan fingerprint density at radius 3 is 2.57 bits per heavy atom. The number of benzene rings is 2. The van der Waals surface area contributed by atoms with Crippen LogP contribution in [-0.4, -0.2) is 34.4 Å². The molecule has 28 heavy (non-hydrogen) atoms. The second-order valence-corrected chi connectivity index (χ2v) is 6.18. The molecule has 1 N–H and O–H groups in total. The molecule has 3 aromatic rings. The Kier molecular flexibility index (Phi) is 5.39. The highest BCUT2D eigenvalue weighted by molar-refractivity contribution is 6.11. The van der Waals surface area contributed by atoms with E-state index in [2.05, 4.69) is 4.98 Å². The predicted molar refractivity (Wildman–Crippen MR) is 102 cm³/mol. The van der Waals surface area contributed by atoms with Crippen LogP contribution in [0.3, 0.4) is 0 Å². The second kappa shape index (κ2) is 7.91. The van der Waals surface area contributed by atoms with Crippen LogP contribution in [0.25, 0.3) is 10.9 Å². The fourth-order valence-corrected chi connectivity index (χ4v) is 2.95. The average molecular weight is 382 g/mol. The van der Waals surface area contributed by atoms with Crippen LogP contribution in [0.1, 0.15) is 23.0 Å². The van der Waals surface area contributed by atoms with Crippen molar-refractivity contribution in [2.24, 2.45) is 0 Å². The van der Waals surface area contributed by atoms with Crippen molar-refractivity contribution >= 4 is 28.3 Å². The van der Waals surface area contributed by atoms with Gasteiger partial charge in [-0.3, -0.25) is 14.9 Å². The first-order chi connectivity index (χ1) is 13.4. The summed E-state index contributed by atoms with van der Waals surface area (Å²) in [6.45, 7) is 2.71. The molecule has 1 heterocycles. The summed E-state index contributed by atoms with van der Waals surface area (Å²) >= 11 is 0. The molecule has 144 valence electrons. The Morgan fingerprint density at radius 1 is 1.14 bits per heavy atom. The monoisotopic (exact) mass is 382 g/mol. The third-order valence-corrected chi connectivity index (χ3v) is 4.22. The number of rotatable bonds is 7. The van der Waals surface area contributed by atoms with Crippen LogP contribution in [0, 0.1) is 17.0 Å². The van der Waals surface area contributed by atoms with Crippen molar-refractivity contribution in [3.8, 4) is 5.75 Å². The number of ether oxygens (including phenoxy) is 2. The van der Waals surface area contributed by atoms with Crippen molar-refractivity contribution in [2.45, 2.75) is 20.0 Å². The summed E-state index contributed by atoms with van der Waals surface area (Å²) < 4.78 is 10.4. The topological polar surface area (TPSA) is 112 Å². The van der Waals surface area contributed by atoms with Gasteiger partial charge >= 0.3 is 11.7 Å². The van der Waals surface area contributed by atoms with Gasteiger partial charge in [0.1, 0.15) is 0 Å². The van der Waals surface area contributed by atoms with Gasteiger partial charge in [-0.15, -0.1) is 0 Å². The van der Waals surface area contributed by atoms with Gasteiger partial charge in [-0.05, 0) is 26.0 Å². The first-order valence-electron chi connectivity index (χ1n) is 8.55. The number of aromatic amines is 1. The number of nitro groups is 1. The number of esters is 1. The number of carbonyl (C=O) groups excluding carboxylic acids is 2. The molecule has 0 bridgehead atoms. The Balaban J connectivity index is 1.67. The number of nitro benzene ring substituents is 1. The summed E-state index contributed by atoms with van der Waals surface area (Å²) in [7, 11) is 0. The summed E-state index contributed by atoms with van der Waals surface area (Å²) in [6, 6.07) is 13.1. The lowest BCUT2D eigenvalue weighted by Gasteiger charge is -2.13. The van der Waals surface area contributed by atoms with Gasteiger partial charge in [0, 0.05) is 28.2 Å². The van der Waals surface area contributed by atoms with E-state index in [-0.39, 0.29) is 17.2 Å². The van der Waals surface area contributed by atoms with Crippen molar-refractivity contribution < 1.29 is 24.0 Å². The zero-order valence-electron chi connectivity index (χ0n) is 15.3. The van der Waals surface area contributed by atoms with Gasteiger partial charge in [0.15, 0.2) is 18.5 Å². The Labute approximate surface area is 160 Å². The van der Waals surface area contributed by atoms with Crippen LogP contribution >= 0.6 is 0 Å². The number of aromatic nitrogens is 1. The van der Waals surface area contributed by atoms with Gasteiger partial charge in [0.05, 0.1) is 4.92 Å². The number of hydrogen-bond acceptors (Lipinski definition) is 6. The van der Waals surface area contributed by atoms with Gasteiger partial charge in [-0.2, -0.15) is 0 Å². The van der Waals surface area contributed by atoms with Crippen molar-refractivity contribution in [3.05, 3.63) is 69.9 Å². The molecule has 8 nitrogen and oxygen atoms in total. The fraction of sp³-hybridized carbons (Fsp3) is 0.200. The molecule has 8 heteroatoms. The number of hydrogen-bond donors (Lipinski definition) is 1. The minimum absolute atomic E-state index is 0.0455. The maximum atomic E-state index is 12.8. The molecule has 1 aromatic heterocycles. The number of carbonyl (C=O) groups is 2. The quantitative estimate of drug-likeness (QED) is 0.289. The molecule has 1 atom stereocenters. The number of nitrogens with zero attached hydrogens (tertiary/aromatic N) is 1. The third-order valence-electron chi connectivity index (χ3n) is 4.22. The highest BCUT2D eigenvalue weighted by Gasteiger charge is 2.25. The van der Waals surface area contributed by atoms with E-state index >= 15 is 0 Å². The fourth-order valence-electron chi connectivity index (χ4n) is 2.95. The molecular weight excluding hydrogens is 364 g/mol. The van der Waals surface area contributed by atoms with Crippen molar-refractivity contribution in [1.29, 1.82) is 0 Å². The number of H-pyrrole nitrogens is 1. The maximum Gasteiger partial charge on any atom is 0.344 e. The largest absolute Gasteiger partial charge is 0.475 e. The van der Waals surface area contributed by atoms with Crippen LogP contribution in [0.2, 0.25) is 0 Å². The molecule has 0 saturated carbocycles. The number of ketones is 1. The lowest BCUT2D eigenvalue weighted by molar-refractivity contribution is -0.385. The minimum atomic E-state index is -1.03. The summed E-state index contributed by atoms with van der Waals surface area (Å²) in [5, 5.41) is 11.7. The minimum Gasteiger partial charge on any atom is -0.475 e. The second-order valence-electron chi connectivity index (χ2n) is 6.18. The summed E-state index contributed by atoms with van der Waals surface area (Å²) in [5.41, 5.74) is 1.72. The Morgan fingerprint density at radius 2 is 1.82 bits per heavy atom. The summed E-state index contributed by atoms with van der Waals surface area (Å²) in [6.07, 6.45) is -1.03. The van der Waals surface area contributed by atoms with E-state index in [0.717, 1.165) is 10.9 Å². The molecule has 0 aliphatic rings. The molecule has 0 aliphatic carbocycles. The van der Waals surface area contributed by atoms with Gasteiger partial charge in [-0.25, -0.2) is 4.79 Å². The Hall–Kier alpha value is -3.68. The summed E-state index contributed by atoms with van der Waals surface area (Å²) in [5.74, 6) is -1.18. The molecule has 3 rings (SSSR count).